The van der Waals surface area contributed by atoms with Crippen molar-refractivity contribution in [1.29, 1.82) is 0 Å². The molecule has 4 aromatic rings. The quantitative estimate of drug-likeness (QED) is 0.114. The van der Waals surface area contributed by atoms with Crippen molar-refractivity contribution < 1.29 is 22.7 Å². The molecule has 4 aromatic carbocycles. The summed E-state index contributed by atoms with van der Waals surface area (Å²) in [5.74, 6) is 0.713. The molecule has 0 aliphatic carbocycles. The van der Waals surface area contributed by atoms with Crippen LogP contribution in [0, 0.1) is 6.92 Å². The van der Waals surface area contributed by atoms with E-state index in [9.17, 15) is 13.2 Å². The first-order chi connectivity index (χ1) is 20.3. The Hall–Kier alpha value is -4.28. The zero-order valence-electron chi connectivity index (χ0n) is 23.7. The molecular weight excluding hydrogens is 571 g/mol. The minimum atomic E-state index is -4.05. The van der Waals surface area contributed by atoms with Crippen molar-refractivity contribution in [3.8, 4) is 11.5 Å². The highest BCUT2D eigenvalue weighted by Gasteiger charge is 2.27. The second-order valence-corrected chi connectivity index (χ2v) is 12.0. The van der Waals surface area contributed by atoms with Crippen LogP contribution in [0.1, 0.15) is 23.6 Å². The molecule has 0 unspecified atom stereocenters. The molecule has 0 aliphatic rings. The number of ether oxygens (including phenoxy) is 2. The van der Waals surface area contributed by atoms with Crippen molar-refractivity contribution in [2.45, 2.75) is 30.2 Å². The smallest absolute Gasteiger partial charge is 0.264 e. The van der Waals surface area contributed by atoms with Crippen molar-refractivity contribution in [2.24, 2.45) is 5.10 Å². The van der Waals surface area contributed by atoms with E-state index in [1.807, 2.05) is 68.6 Å². The van der Waals surface area contributed by atoms with Gasteiger partial charge in [0.2, 0.25) is 0 Å². The van der Waals surface area contributed by atoms with E-state index in [1.54, 1.807) is 36.4 Å². The highest BCUT2D eigenvalue weighted by molar-refractivity contribution is 7.98. The van der Waals surface area contributed by atoms with E-state index in [1.165, 1.54) is 35.7 Å². The Labute approximate surface area is 251 Å². The molecule has 10 heteroatoms. The number of amides is 1. The molecular formula is C32H33N3O5S2. The second kappa shape index (κ2) is 14.6. The van der Waals surface area contributed by atoms with Gasteiger partial charge in [0, 0.05) is 4.90 Å². The summed E-state index contributed by atoms with van der Waals surface area (Å²) in [5.41, 5.74) is 5.77. The van der Waals surface area contributed by atoms with Crippen molar-refractivity contribution in [3.05, 3.63) is 114 Å². The molecule has 1 amide bonds. The number of hydrazone groups is 1. The van der Waals surface area contributed by atoms with Crippen LogP contribution in [0.2, 0.25) is 0 Å². The van der Waals surface area contributed by atoms with Gasteiger partial charge in [0.1, 0.15) is 24.7 Å². The van der Waals surface area contributed by atoms with Gasteiger partial charge in [0.25, 0.3) is 15.9 Å². The maximum atomic E-state index is 13.6. The van der Waals surface area contributed by atoms with Gasteiger partial charge in [0.05, 0.1) is 23.4 Å². The highest BCUT2D eigenvalue weighted by atomic mass is 32.2. The number of nitrogens with one attached hydrogen (secondary N) is 1. The van der Waals surface area contributed by atoms with Gasteiger partial charge in [-0.05, 0) is 104 Å². The summed E-state index contributed by atoms with van der Waals surface area (Å²) in [4.78, 5) is 13.9. The van der Waals surface area contributed by atoms with Crippen molar-refractivity contribution >= 4 is 39.6 Å². The Bertz CT molecular complexity index is 1590. The summed E-state index contributed by atoms with van der Waals surface area (Å²) in [6, 6.07) is 28.5. The Morgan fingerprint density at radius 2 is 1.50 bits per heavy atom. The summed E-state index contributed by atoms with van der Waals surface area (Å²) >= 11 is 1.51. The first-order valence-corrected chi connectivity index (χ1v) is 15.9. The number of carbonyl (C=O) groups is 1. The van der Waals surface area contributed by atoms with Gasteiger partial charge in [0.15, 0.2) is 0 Å². The summed E-state index contributed by atoms with van der Waals surface area (Å²) in [7, 11) is -4.05. The number of hydrogen-bond donors (Lipinski definition) is 1. The Kier molecular flexibility index (Phi) is 10.6. The van der Waals surface area contributed by atoms with Crippen molar-refractivity contribution in [1.82, 2.24) is 5.43 Å². The number of carbonyl (C=O) groups excluding carboxylic acids is 1. The van der Waals surface area contributed by atoms with Gasteiger partial charge in [-0.1, -0.05) is 29.8 Å². The van der Waals surface area contributed by atoms with Crippen LogP contribution in [0.4, 0.5) is 5.69 Å². The number of aryl methyl sites for hydroxylation is 1. The normalized spacial score (nSPS) is 11.3. The lowest BCUT2D eigenvalue weighted by atomic mass is 10.2. The Balaban J connectivity index is 1.42. The van der Waals surface area contributed by atoms with Crippen LogP contribution >= 0.6 is 11.8 Å². The van der Waals surface area contributed by atoms with Crippen LogP contribution in [-0.2, 0) is 21.4 Å². The summed E-state index contributed by atoms with van der Waals surface area (Å²) in [5, 5.41) is 4.03. The van der Waals surface area contributed by atoms with Gasteiger partial charge in [-0.3, -0.25) is 9.10 Å². The molecule has 0 fully saturated rings. The standard InChI is InChI=1S/C32H33N3O5S2/c1-4-39-28-15-11-27(12-16-28)35(42(37,38)31-19-17-30(41-3)18-20-31)22-32(36)34-33-21-25-9-13-29(14-10-25)40-23-26-7-5-24(2)6-8-26/h5-21H,4,22-23H2,1-3H3,(H,34,36)/b33-21-. The molecule has 0 heterocycles. The van der Waals surface area contributed by atoms with E-state index >= 15 is 0 Å². The molecule has 0 aliphatic heterocycles. The molecule has 0 radical (unpaired) electrons. The zero-order chi connectivity index (χ0) is 30.0. The number of sulfonamides is 1. The van der Waals surface area contributed by atoms with Gasteiger partial charge < -0.3 is 9.47 Å². The topological polar surface area (TPSA) is 97.3 Å². The average molecular weight is 604 g/mol. The second-order valence-electron chi connectivity index (χ2n) is 9.25. The summed E-state index contributed by atoms with van der Waals surface area (Å²) in [6.45, 7) is 4.37. The van der Waals surface area contributed by atoms with E-state index in [0.717, 1.165) is 20.3 Å². The lowest BCUT2D eigenvalue weighted by molar-refractivity contribution is -0.119. The maximum Gasteiger partial charge on any atom is 0.264 e. The number of anilines is 1. The third-order valence-corrected chi connectivity index (χ3v) is 8.71. The minimum Gasteiger partial charge on any atom is -0.494 e. The van der Waals surface area contributed by atoms with Gasteiger partial charge >= 0.3 is 0 Å². The predicted molar refractivity (Wildman–Crippen MR) is 168 cm³/mol. The molecule has 0 bridgehead atoms. The monoisotopic (exact) mass is 603 g/mol. The van der Waals surface area contributed by atoms with Gasteiger partial charge in [-0.15, -0.1) is 11.8 Å². The third kappa shape index (κ3) is 8.37. The van der Waals surface area contributed by atoms with E-state index in [2.05, 4.69) is 10.5 Å². The number of rotatable bonds is 13. The van der Waals surface area contributed by atoms with E-state index in [-0.39, 0.29) is 4.90 Å². The van der Waals surface area contributed by atoms with E-state index in [4.69, 9.17) is 9.47 Å². The van der Waals surface area contributed by atoms with Crippen molar-refractivity contribution in [2.75, 3.05) is 23.7 Å². The number of nitrogens with zero attached hydrogens (tertiary/aromatic N) is 2. The fourth-order valence-corrected chi connectivity index (χ4v) is 5.74. The van der Waals surface area contributed by atoms with E-state index in [0.29, 0.717) is 30.4 Å². The first-order valence-electron chi connectivity index (χ1n) is 13.3. The lowest BCUT2D eigenvalue weighted by Gasteiger charge is -2.24. The zero-order valence-corrected chi connectivity index (χ0v) is 25.3. The fraction of sp³-hybridized carbons (Fsp3) is 0.188. The molecule has 0 aromatic heterocycles. The average Bonchev–Trinajstić information content (AvgIpc) is 3.01. The Morgan fingerprint density at radius 1 is 0.881 bits per heavy atom. The first kappa shape index (κ1) is 30.7. The van der Waals surface area contributed by atoms with Crippen LogP contribution in [-0.4, -0.2) is 39.9 Å². The third-order valence-electron chi connectivity index (χ3n) is 6.18. The molecule has 42 heavy (non-hydrogen) atoms. The molecule has 0 saturated heterocycles. The number of thioether (sulfide) groups is 1. The van der Waals surface area contributed by atoms with E-state index < -0.39 is 22.5 Å². The molecule has 0 saturated carbocycles. The van der Waals surface area contributed by atoms with Gasteiger partial charge in [-0.2, -0.15) is 5.10 Å². The van der Waals surface area contributed by atoms with Gasteiger partial charge in [-0.25, -0.2) is 13.8 Å². The molecule has 218 valence electrons. The van der Waals surface area contributed by atoms with Crippen LogP contribution in [0.5, 0.6) is 11.5 Å². The van der Waals surface area contributed by atoms with Crippen molar-refractivity contribution in [3.63, 3.8) is 0 Å². The highest BCUT2D eigenvalue weighted by Crippen LogP contribution is 2.27. The lowest BCUT2D eigenvalue weighted by Crippen LogP contribution is -2.39. The number of hydrogen-bond acceptors (Lipinski definition) is 7. The molecule has 0 spiro atoms. The van der Waals surface area contributed by atoms with Crippen LogP contribution in [0.15, 0.2) is 112 Å². The SMILES string of the molecule is CCOc1ccc(N(CC(=O)N/N=C\c2ccc(OCc3ccc(C)cc3)cc2)S(=O)(=O)c2ccc(SC)cc2)cc1. The molecule has 8 nitrogen and oxygen atoms in total. The van der Waals surface area contributed by atoms with Crippen LogP contribution < -0.4 is 19.2 Å². The minimum absolute atomic E-state index is 0.0789. The van der Waals surface area contributed by atoms with Crippen LogP contribution in [0.25, 0.3) is 0 Å². The fourth-order valence-electron chi connectivity index (χ4n) is 3.91. The molecule has 1 N–H and O–H groups in total. The molecule has 0 atom stereocenters. The summed E-state index contributed by atoms with van der Waals surface area (Å²) in [6.07, 6.45) is 3.40. The predicted octanol–water partition coefficient (Wildman–Crippen LogP) is 6.04. The van der Waals surface area contributed by atoms with Crippen LogP contribution in [0.3, 0.4) is 0 Å². The largest absolute Gasteiger partial charge is 0.494 e. The number of benzene rings is 4. The summed E-state index contributed by atoms with van der Waals surface area (Å²) < 4.78 is 39.6. The maximum absolute atomic E-state index is 13.6. The Morgan fingerprint density at radius 3 is 2.12 bits per heavy atom. The molecule has 4 rings (SSSR count).